The molecule has 0 saturated carbocycles. The number of hydrogen-bond donors (Lipinski definition) is 0. The fourth-order valence-electron chi connectivity index (χ4n) is 16.5. The van der Waals surface area contributed by atoms with Gasteiger partial charge in [-0.3, -0.25) is 0 Å². The molecule has 1 aliphatic heterocycles. The molecule has 1 saturated heterocycles. The lowest BCUT2D eigenvalue weighted by atomic mass is 9.77. The van der Waals surface area contributed by atoms with Gasteiger partial charge in [0.2, 0.25) is 0 Å². The first-order valence-electron chi connectivity index (χ1n) is 36.5. The predicted molar refractivity (Wildman–Crippen MR) is 440 cm³/mol. The van der Waals surface area contributed by atoms with E-state index in [0.29, 0.717) is 0 Å². The van der Waals surface area contributed by atoms with Gasteiger partial charge in [-0.15, -0.1) is 0 Å². The molecule has 4 aliphatic carbocycles. The van der Waals surface area contributed by atoms with Crippen molar-refractivity contribution in [1.82, 2.24) is 0 Å². The van der Waals surface area contributed by atoms with Crippen molar-refractivity contribution in [3.63, 3.8) is 0 Å². The molecule has 0 radical (unpaired) electrons. The largest absolute Gasteiger partial charge is 0.494 e. The van der Waals surface area contributed by atoms with E-state index in [-0.39, 0.29) is 29.2 Å². The van der Waals surface area contributed by atoms with Crippen LogP contribution in [0.4, 0.5) is 34.1 Å². The molecule has 0 aromatic heterocycles. The van der Waals surface area contributed by atoms with E-state index in [1.807, 2.05) is 0 Å². The lowest BCUT2D eigenvalue weighted by molar-refractivity contribution is 0.00578. The predicted octanol–water partition coefficient (Wildman–Crippen LogP) is 25.8. The Morgan fingerprint density at radius 1 is 0.269 bits per heavy atom. The molecule has 6 heteroatoms. The van der Waals surface area contributed by atoms with Crippen molar-refractivity contribution in [3.05, 3.63) is 377 Å². The first-order valence-corrected chi connectivity index (χ1v) is 37.3. The summed E-state index contributed by atoms with van der Waals surface area (Å²) in [5.41, 5.74) is 36.5. The lowest BCUT2D eigenvalue weighted by Gasteiger charge is -2.32. The van der Waals surface area contributed by atoms with Gasteiger partial charge in [0.15, 0.2) is 0 Å². The molecule has 0 amide bonds. The monoisotopic (exact) mass is 1410 g/mol. The minimum absolute atomic E-state index is 0.0493. The zero-order valence-corrected chi connectivity index (χ0v) is 61.8. The van der Waals surface area contributed by atoms with Crippen molar-refractivity contribution in [2.45, 2.75) is 90.3 Å². The van der Waals surface area contributed by atoms with Crippen LogP contribution in [0.15, 0.2) is 332 Å². The number of fused-ring (bicyclic) bond motifs is 12. The smallest absolute Gasteiger partial charge is 0.399 e. The molecule has 14 aromatic rings. The summed E-state index contributed by atoms with van der Waals surface area (Å²) in [6, 6.07) is 119. The summed E-state index contributed by atoms with van der Waals surface area (Å²) in [6.07, 6.45) is 2.04. The Morgan fingerprint density at radius 3 is 1.11 bits per heavy atom. The molecule has 14 aromatic carbocycles. The van der Waals surface area contributed by atoms with Crippen LogP contribution in [0.3, 0.4) is 0 Å². The van der Waals surface area contributed by atoms with Crippen LogP contribution >= 0.6 is 15.9 Å². The Morgan fingerprint density at radius 2 is 0.625 bits per heavy atom. The molecule has 0 spiro atoms. The van der Waals surface area contributed by atoms with E-state index in [1.54, 1.807) is 0 Å². The molecular weight excluding hydrogens is 1330 g/mol. The summed E-state index contributed by atoms with van der Waals surface area (Å²) in [4.78, 5) is 4.82. The van der Waals surface area contributed by atoms with Crippen LogP contribution in [0, 0.1) is 0 Å². The van der Waals surface area contributed by atoms with E-state index in [2.05, 4.69) is 409 Å². The van der Waals surface area contributed by atoms with Gasteiger partial charge < -0.3 is 19.1 Å². The van der Waals surface area contributed by atoms with Gasteiger partial charge in [0.25, 0.3) is 0 Å². The first kappa shape index (κ1) is 66.4. The first-order chi connectivity index (χ1) is 50.5. The third kappa shape index (κ3) is 11.8. The zero-order chi connectivity index (χ0) is 71.1. The van der Waals surface area contributed by atoms with Crippen molar-refractivity contribution in [1.29, 1.82) is 0 Å². The molecule has 5 aliphatic rings. The van der Waals surface area contributed by atoms with Crippen molar-refractivity contribution in [2.24, 2.45) is 0 Å². The molecular formula is C98H82BBrN2O2. The molecule has 1 heterocycles. The van der Waals surface area contributed by atoms with Crippen molar-refractivity contribution < 1.29 is 9.31 Å². The van der Waals surface area contributed by atoms with Crippen molar-refractivity contribution in [3.8, 4) is 77.9 Å². The Balaban J connectivity index is 0.000000123. The van der Waals surface area contributed by atoms with E-state index < -0.39 is 0 Å². The van der Waals surface area contributed by atoms with Crippen molar-refractivity contribution in [2.75, 3.05) is 9.80 Å². The van der Waals surface area contributed by atoms with E-state index in [9.17, 15) is 0 Å². The number of nitrogens with zero attached hydrogens (tertiary/aromatic N) is 2. The van der Waals surface area contributed by atoms with Gasteiger partial charge in [-0.2, -0.15) is 0 Å². The highest BCUT2D eigenvalue weighted by Gasteiger charge is 2.52. The quantitative estimate of drug-likeness (QED) is 0.127. The fraction of sp³-hybridized carbons (Fsp3) is 0.143. The van der Waals surface area contributed by atoms with Crippen LogP contribution in [0.1, 0.15) is 99.9 Å². The molecule has 0 atom stereocenters. The number of anilines is 6. The van der Waals surface area contributed by atoms with Crippen molar-refractivity contribution >= 4 is 62.6 Å². The highest BCUT2D eigenvalue weighted by molar-refractivity contribution is 9.10. The van der Waals surface area contributed by atoms with E-state index in [1.165, 1.54) is 122 Å². The van der Waals surface area contributed by atoms with Crippen LogP contribution < -0.4 is 15.3 Å². The van der Waals surface area contributed by atoms with Crippen LogP contribution in [0.25, 0.3) is 77.9 Å². The number of halogens is 1. The van der Waals surface area contributed by atoms with E-state index in [4.69, 9.17) is 9.31 Å². The number of hydrogen-bond acceptors (Lipinski definition) is 4. The topological polar surface area (TPSA) is 24.9 Å². The average Bonchev–Trinajstić information content (AvgIpc) is 1.57. The number of rotatable bonds is 10. The third-order valence-corrected chi connectivity index (χ3v) is 23.3. The SMILES string of the molecule is CC1(C)OB(c2ccc3c(c2)-c2ccccc2C3)OC1(C)C.CC1(C)c2ccccc2-c2ccc(N(c3ccc(-c4ccc5c(c4)-c4ccccc4C5)cc3)c3ccccc3-c3ccccc3)cc21.CC1(C)c2ccccc2-c2ccc(N(c3ccc(Br)cc3)c3ccccc3-c3ccccc3)cc21. The lowest BCUT2D eigenvalue weighted by Crippen LogP contribution is -2.41. The summed E-state index contributed by atoms with van der Waals surface area (Å²) in [5, 5.41) is 0. The Bertz CT molecular complexity index is 5590. The van der Waals surface area contributed by atoms with E-state index in [0.717, 1.165) is 56.9 Å². The van der Waals surface area contributed by atoms with Crippen LogP contribution in [-0.4, -0.2) is 18.3 Å². The molecule has 19 rings (SSSR count). The second-order valence-corrected chi connectivity index (χ2v) is 31.2. The molecule has 1 fully saturated rings. The number of benzene rings is 14. The molecule has 4 nitrogen and oxygen atoms in total. The normalized spacial score (nSPS) is 14.9. The minimum atomic E-state index is -0.297. The van der Waals surface area contributed by atoms with E-state index >= 15 is 0 Å². The van der Waals surface area contributed by atoms with Crippen LogP contribution in [-0.2, 0) is 33.0 Å². The summed E-state index contributed by atoms with van der Waals surface area (Å²) >= 11 is 3.61. The molecule has 0 N–H and O–H groups in total. The summed E-state index contributed by atoms with van der Waals surface area (Å²) in [5.74, 6) is 0. The highest BCUT2D eigenvalue weighted by atomic mass is 79.9. The molecule has 0 unspecified atom stereocenters. The second-order valence-electron chi connectivity index (χ2n) is 30.3. The summed E-state index contributed by atoms with van der Waals surface area (Å²) in [7, 11) is -0.289. The maximum atomic E-state index is 6.18. The maximum Gasteiger partial charge on any atom is 0.494 e. The van der Waals surface area contributed by atoms with Gasteiger partial charge in [0.05, 0.1) is 22.6 Å². The average molecular weight is 1410 g/mol. The Hall–Kier alpha value is -10.9. The van der Waals surface area contributed by atoms with Gasteiger partial charge in [-0.25, -0.2) is 0 Å². The second kappa shape index (κ2) is 26.4. The molecule has 0 bridgehead atoms. The standard InChI is InChI=1S/C46H35N.C33H26BrN.C19H21BO2/c1-46(2)43-18-10-8-17-40(43)41-27-26-37(30-44(41)46)47(45-19-11-9-16-39(45)32-12-4-3-5-13-32)36-24-22-31(23-25-36)33-20-21-35-28-34-14-6-7-15-38(34)42(35)29-33;1-33(2)30-14-8-6-13-28(30)29-21-20-26(22-31(29)33)35(25-18-16-24(34)17-19-25)32-15-9-7-12-27(32)23-10-4-3-5-11-23;1-18(2)19(3,4)22-20(21-18)15-10-9-14-11-13-7-5-6-8-16(13)17(14)12-15/h3-27,29-30H,28H2,1-2H3;3-22H,1-2H3;5-10,12H,11H2,1-4H3. The zero-order valence-electron chi connectivity index (χ0n) is 60.3. The maximum absolute atomic E-state index is 6.18. The number of para-hydroxylation sites is 2. The van der Waals surface area contributed by atoms with Gasteiger partial charge in [-0.05, 0) is 236 Å². The summed E-state index contributed by atoms with van der Waals surface area (Å²) in [6.45, 7) is 17.8. The van der Waals surface area contributed by atoms with Crippen LogP contribution in [0.2, 0.25) is 0 Å². The Labute approximate surface area is 622 Å². The minimum Gasteiger partial charge on any atom is -0.399 e. The van der Waals surface area contributed by atoms with Gasteiger partial charge in [-0.1, -0.05) is 292 Å². The third-order valence-electron chi connectivity index (χ3n) is 22.8. The van der Waals surface area contributed by atoms with Crippen LogP contribution in [0.5, 0.6) is 0 Å². The highest BCUT2D eigenvalue weighted by Crippen LogP contribution is 2.54. The Kier molecular flexibility index (Phi) is 16.9. The van der Waals surface area contributed by atoms with Gasteiger partial charge in [0.1, 0.15) is 0 Å². The summed E-state index contributed by atoms with van der Waals surface area (Å²) < 4.78 is 13.4. The molecule has 506 valence electrons. The molecule has 104 heavy (non-hydrogen) atoms. The fourth-order valence-corrected chi connectivity index (χ4v) is 16.8. The van der Waals surface area contributed by atoms with Gasteiger partial charge in [0, 0.05) is 49.2 Å². The van der Waals surface area contributed by atoms with Gasteiger partial charge >= 0.3 is 7.12 Å².